The highest BCUT2D eigenvalue weighted by molar-refractivity contribution is 7.99. The van der Waals surface area contributed by atoms with Crippen LogP contribution in [0.25, 0.3) is 0 Å². The van der Waals surface area contributed by atoms with Crippen LogP contribution in [-0.2, 0) is 0 Å². The van der Waals surface area contributed by atoms with Crippen LogP contribution in [0.15, 0.2) is 80.4 Å². The molecule has 0 aliphatic carbocycles. The second kappa shape index (κ2) is 7.56. The van der Waals surface area contributed by atoms with Crippen LogP contribution in [0.1, 0.15) is 16.1 Å². The molecular weight excluding hydrogens is 329 g/mol. The van der Waals surface area contributed by atoms with E-state index >= 15 is 0 Å². The van der Waals surface area contributed by atoms with Crippen LogP contribution in [0.5, 0.6) is 0 Å². The van der Waals surface area contributed by atoms with Gasteiger partial charge in [-0.05, 0) is 60.3 Å². The first-order valence-electron chi connectivity index (χ1n) is 6.98. The molecule has 0 saturated heterocycles. The molecule has 120 valence electrons. The van der Waals surface area contributed by atoms with E-state index in [9.17, 15) is 9.18 Å². The van der Waals surface area contributed by atoms with E-state index in [0.29, 0.717) is 16.4 Å². The van der Waals surface area contributed by atoms with Crippen LogP contribution < -0.4 is 5.43 Å². The Labute approximate surface area is 141 Å². The molecule has 0 unspecified atom stereocenters. The summed E-state index contributed by atoms with van der Waals surface area (Å²) in [4.78, 5) is 16.0. The molecule has 0 atom stereocenters. The highest BCUT2D eigenvalue weighted by Crippen LogP contribution is 2.26. The molecule has 0 fully saturated rings. The number of carbonyl (C=O) groups excluding carboxylic acids is 1. The van der Waals surface area contributed by atoms with Crippen molar-refractivity contribution < 1.29 is 13.6 Å². The Hall–Kier alpha value is -2.93. The van der Waals surface area contributed by atoms with Crippen molar-refractivity contribution in [1.82, 2.24) is 10.4 Å². The smallest absolute Gasteiger partial charge is 0.271 e. The van der Waals surface area contributed by atoms with Crippen LogP contribution in [0.4, 0.5) is 4.39 Å². The van der Waals surface area contributed by atoms with E-state index in [1.807, 2.05) is 18.2 Å². The summed E-state index contributed by atoms with van der Waals surface area (Å²) in [6.45, 7) is 0. The molecule has 0 bridgehead atoms. The number of hydrazone groups is 1. The summed E-state index contributed by atoms with van der Waals surface area (Å²) in [5.74, 6) is -0.336. The fraction of sp³-hybridized carbons (Fsp3) is 0. The summed E-state index contributed by atoms with van der Waals surface area (Å²) in [7, 11) is 0. The number of halogens is 1. The van der Waals surface area contributed by atoms with Gasteiger partial charge in [-0.25, -0.2) is 14.8 Å². The lowest BCUT2D eigenvalue weighted by Gasteiger charge is -1.98. The van der Waals surface area contributed by atoms with E-state index in [-0.39, 0.29) is 0 Å². The largest absolute Gasteiger partial charge is 0.448 e. The molecule has 1 amide bonds. The zero-order chi connectivity index (χ0) is 16.8. The average Bonchev–Trinajstić information content (AvgIpc) is 3.03. The van der Waals surface area contributed by atoms with Crippen molar-refractivity contribution in [2.45, 2.75) is 10.1 Å². The van der Waals surface area contributed by atoms with Crippen molar-refractivity contribution in [2.24, 2.45) is 5.10 Å². The zero-order valence-corrected chi connectivity index (χ0v) is 13.2. The molecule has 1 N–H and O–H groups in total. The predicted octanol–water partition coefficient (Wildman–Crippen LogP) is 3.73. The Kier molecular flexibility index (Phi) is 5.02. The number of carbonyl (C=O) groups is 1. The van der Waals surface area contributed by atoms with Gasteiger partial charge in [0, 0.05) is 11.8 Å². The second-order valence-corrected chi connectivity index (χ2v) is 5.66. The normalized spacial score (nSPS) is 10.9. The highest BCUT2D eigenvalue weighted by atomic mass is 32.2. The Morgan fingerprint density at radius 1 is 1.17 bits per heavy atom. The van der Waals surface area contributed by atoms with Crippen molar-refractivity contribution >= 4 is 23.9 Å². The van der Waals surface area contributed by atoms with Gasteiger partial charge < -0.3 is 4.42 Å². The van der Waals surface area contributed by atoms with Gasteiger partial charge in [0.15, 0.2) is 5.09 Å². The molecule has 0 saturated carbocycles. The number of amides is 1. The third-order valence-electron chi connectivity index (χ3n) is 2.91. The van der Waals surface area contributed by atoms with Gasteiger partial charge in [0.1, 0.15) is 16.6 Å². The second-order valence-electron chi connectivity index (χ2n) is 4.63. The summed E-state index contributed by atoms with van der Waals surface area (Å²) in [5.41, 5.74) is 2.67. The van der Waals surface area contributed by atoms with E-state index < -0.39 is 11.7 Å². The monoisotopic (exact) mass is 341 g/mol. The van der Waals surface area contributed by atoms with E-state index in [4.69, 9.17) is 4.42 Å². The number of furan rings is 1. The first kappa shape index (κ1) is 15.9. The molecule has 5 nitrogen and oxygen atoms in total. The van der Waals surface area contributed by atoms with Crippen LogP contribution in [0.3, 0.4) is 0 Å². The number of benzene rings is 1. The minimum Gasteiger partial charge on any atom is -0.448 e. The third kappa shape index (κ3) is 4.30. The third-order valence-corrected chi connectivity index (χ3v) is 3.78. The minimum absolute atomic E-state index is 0.319. The van der Waals surface area contributed by atoms with E-state index in [2.05, 4.69) is 15.5 Å². The van der Waals surface area contributed by atoms with Crippen LogP contribution >= 0.6 is 11.8 Å². The first-order valence-corrected chi connectivity index (χ1v) is 7.80. The molecule has 0 spiro atoms. The Morgan fingerprint density at radius 3 is 2.75 bits per heavy atom. The van der Waals surface area contributed by atoms with Crippen molar-refractivity contribution in [1.29, 1.82) is 0 Å². The van der Waals surface area contributed by atoms with Gasteiger partial charge in [-0.2, -0.15) is 5.10 Å². The van der Waals surface area contributed by atoms with Crippen molar-refractivity contribution in [2.75, 3.05) is 0 Å². The van der Waals surface area contributed by atoms with E-state index in [1.165, 1.54) is 42.2 Å². The van der Waals surface area contributed by atoms with Crippen molar-refractivity contribution in [3.8, 4) is 0 Å². The number of aromatic nitrogens is 1. The number of nitrogens with one attached hydrogen (secondary N) is 1. The fourth-order valence-electron chi connectivity index (χ4n) is 1.79. The summed E-state index contributed by atoms with van der Waals surface area (Å²) in [5, 5.41) is 5.31. The summed E-state index contributed by atoms with van der Waals surface area (Å²) >= 11 is 1.38. The first-order chi connectivity index (χ1) is 11.7. The maximum absolute atomic E-state index is 12.8. The maximum atomic E-state index is 12.8. The van der Waals surface area contributed by atoms with Gasteiger partial charge in [-0.1, -0.05) is 6.07 Å². The number of hydrogen-bond acceptors (Lipinski definition) is 5. The molecule has 2 heterocycles. The lowest BCUT2D eigenvalue weighted by atomic mass is 10.2. The Bertz CT molecular complexity index is 848. The fourth-order valence-corrected chi connectivity index (χ4v) is 2.53. The van der Waals surface area contributed by atoms with E-state index in [0.717, 1.165) is 5.03 Å². The highest BCUT2D eigenvalue weighted by Gasteiger charge is 2.05. The molecule has 0 aliphatic heterocycles. The number of rotatable bonds is 5. The minimum atomic E-state index is -0.430. The molecule has 3 rings (SSSR count). The van der Waals surface area contributed by atoms with Gasteiger partial charge in [0.2, 0.25) is 0 Å². The molecule has 24 heavy (non-hydrogen) atoms. The summed E-state index contributed by atoms with van der Waals surface area (Å²) in [6, 6.07) is 14.3. The molecule has 2 aromatic heterocycles. The van der Waals surface area contributed by atoms with Gasteiger partial charge in [0.05, 0.1) is 6.21 Å². The molecule has 3 aromatic rings. The quantitative estimate of drug-likeness (QED) is 0.567. The standard InChI is InChI=1S/C17H12FN3O2S/c18-13-6-4-12(5-7-13)17(22)21-20-11-14-8-9-16(23-14)24-15-3-1-2-10-19-15/h1-11H,(H,21,22). The van der Waals surface area contributed by atoms with Gasteiger partial charge >= 0.3 is 0 Å². The lowest BCUT2D eigenvalue weighted by molar-refractivity contribution is 0.0955. The predicted molar refractivity (Wildman–Crippen MR) is 88.5 cm³/mol. The van der Waals surface area contributed by atoms with Crippen LogP contribution in [-0.4, -0.2) is 17.1 Å². The number of nitrogens with zero attached hydrogens (tertiary/aromatic N) is 2. The van der Waals surface area contributed by atoms with Crippen molar-refractivity contribution in [3.63, 3.8) is 0 Å². The van der Waals surface area contributed by atoms with Crippen LogP contribution in [0.2, 0.25) is 0 Å². The maximum Gasteiger partial charge on any atom is 0.271 e. The van der Waals surface area contributed by atoms with Gasteiger partial charge in [-0.3, -0.25) is 4.79 Å². The molecule has 1 aromatic carbocycles. The van der Waals surface area contributed by atoms with Crippen LogP contribution in [0, 0.1) is 5.82 Å². The zero-order valence-electron chi connectivity index (χ0n) is 12.3. The Morgan fingerprint density at radius 2 is 2.00 bits per heavy atom. The molecular formula is C17H12FN3O2S. The molecule has 0 radical (unpaired) electrons. The number of hydrogen-bond donors (Lipinski definition) is 1. The van der Waals surface area contributed by atoms with E-state index in [1.54, 1.807) is 18.3 Å². The Balaban J connectivity index is 1.57. The van der Waals surface area contributed by atoms with Gasteiger partial charge in [0.25, 0.3) is 5.91 Å². The topological polar surface area (TPSA) is 67.5 Å². The average molecular weight is 341 g/mol. The SMILES string of the molecule is O=C(NN=Cc1ccc(Sc2ccccn2)o1)c1ccc(F)cc1. The molecule has 0 aliphatic rings. The molecule has 7 heteroatoms. The van der Waals surface area contributed by atoms with Gasteiger partial charge in [-0.15, -0.1) is 0 Å². The summed E-state index contributed by atoms with van der Waals surface area (Å²) in [6.07, 6.45) is 3.10. The summed E-state index contributed by atoms with van der Waals surface area (Å²) < 4.78 is 18.4. The number of pyridine rings is 1. The lowest BCUT2D eigenvalue weighted by Crippen LogP contribution is -2.17. The van der Waals surface area contributed by atoms with Crippen molar-refractivity contribution in [3.05, 3.63) is 77.9 Å².